The van der Waals surface area contributed by atoms with Gasteiger partial charge in [0, 0.05) is 30.7 Å². The summed E-state index contributed by atoms with van der Waals surface area (Å²) in [5.41, 5.74) is -0.539. The van der Waals surface area contributed by atoms with Gasteiger partial charge in [-0.2, -0.15) is 0 Å². The summed E-state index contributed by atoms with van der Waals surface area (Å²) in [6.45, 7) is 1.26. The van der Waals surface area contributed by atoms with E-state index in [0.29, 0.717) is 11.3 Å². The summed E-state index contributed by atoms with van der Waals surface area (Å²) in [6.07, 6.45) is 6.35. The second-order valence-electron chi connectivity index (χ2n) is 3.81. The topological polar surface area (TPSA) is 87.7 Å². The van der Waals surface area contributed by atoms with Crippen molar-refractivity contribution in [3.63, 3.8) is 0 Å². The highest BCUT2D eigenvalue weighted by molar-refractivity contribution is 5.76. The predicted molar refractivity (Wildman–Crippen MR) is 55.0 cm³/mol. The summed E-state index contributed by atoms with van der Waals surface area (Å²) in [4.78, 5) is 18.7. The molecule has 6 heteroatoms. The largest absolute Gasteiger partial charge is 0.479 e. The fraction of sp³-hybridized carbons (Fsp3) is 0.300. The van der Waals surface area contributed by atoms with Crippen LogP contribution < -0.4 is 0 Å². The molecule has 0 amide bonds. The lowest BCUT2D eigenvalue weighted by molar-refractivity contribution is -0.156. The Kier molecular flexibility index (Phi) is 2.35. The first-order chi connectivity index (χ1) is 7.50. The maximum absolute atomic E-state index is 10.8. The first-order valence-corrected chi connectivity index (χ1v) is 4.72. The standard InChI is InChI=1S/C10H11N3O3/c1-10(16,9(14)15)4-7-5-12-8-6-11-2-3-13(7)8/h2-3,5-6,16H,4H2,1H3,(H,14,15). The van der Waals surface area contributed by atoms with Gasteiger partial charge in [-0.05, 0) is 6.92 Å². The van der Waals surface area contributed by atoms with E-state index >= 15 is 0 Å². The lowest BCUT2D eigenvalue weighted by Gasteiger charge is -2.16. The lowest BCUT2D eigenvalue weighted by Crippen LogP contribution is -2.37. The van der Waals surface area contributed by atoms with Crippen molar-refractivity contribution in [1.82, 2.24) is 14.4 Å². The Morgan fingerprint density at radius 3 is 3.00 bits per heavy atom. The maximum Gasteiger partial charge on any atom is 0.335 e. The van der Waals surface area contributed by atoms with E-state index in [1.54, 1.807) is 23.0 Å². The first-order valence-electron chi connectivity index (χ1n) is 4.72. The molecule has 2 rings (SSSR count). The lowest BCUT2D eigenvalue weighted by atomic mass is 10.0. The molecule has 0 aliphatic rings. The van der Waals surface area contributed by atoms with Crippen molar-refractivity contribution in [1.29, 1.82) is 0 Å². The van der Waals surface area contributed by atoms with Crippen LogP contribution in [0.2, 0.25) is 0 Å². The van der Waals surface area contributed by atoms with Crippen molar-refractivity contribution in [2.75, 3.05) is 0 Å². The van der Waals surface area contributed by atoms with Crippen LogP contribution in [0.1, 0.15) is 12.6 Å². The quantitative estimate of drug-likeness (QED) is 0.767. The smallest absolute Gasteiger partial charge is 0.335 e. The van der Waals surface area contributed by atoms with E-state index < -0.39 is 11.6 Å². The summed E-state index contributed by atoms with van der Waals surface area (Å²) < 4.78 is 1.70. The van der Waals surface area contributed by atoms with Crippen LogP contribution in [0.3, 0.4) is 0 Å². The van der Waals surface area contributed by atoms with Crippen molar-refractivity contribution in [3.8, 4) is 0 Å². The van der Waals surface area contributed by atoms with Gasteiger partial charge in [-0.3, -0.25) is 4.98 Å². The van der Waals surface area contributed by atoms with E-state index in [0.717, 1.165) is 0 Å². The second-order valence-corrected chi connectivity index (χ2v) is 3.81. The zero-order valence-corrected chi connectivity index (χ0v) is 8.66. The molecule has 0 spiro atoms. The average Bonchev–Trinajstić information content (AvgIpc) is 2.61. The number of carboxylic acid groups (broad SMARTS) is 1. The van der Waals surface area contributed by atoms with Gasteiger partial charge < -0.3 is 14.6 Å². The van der Waals surface area contributed by atoms with Crippen molar-refractivity contribution in [3.05, 3.63) is 30.5 Å². The molecule has 2 N–H and O–H groups in total. The summed E-state index contributed by atoms with van der Waals surface area (Å²) >= 11 is 0. The highest BCUT2D eigenvalue weighted by Gasteiger charge is 2.31. The van der Waals surface area contributed by atoms with Gasteiger partial charge in [0.25, 0.3) is 0 Å². The third-order valence-corrected chi connectivity index (χ3v) is 2.38. The van der Waals surface area contributed by atoms with Gasteiger partial charge >= 0.3 is 5.97 Å². The van der Waals surface area contributed by atoms with Crippen molar-refractivity contribution >= 4 is 11.6 Å². The first kappa shape index (κ1) is 10.6. The molecule has 16 heavy (non-hydrogen) atoms. The van der Waals surface area contributed by atoms with E-state index in [-0.39, 0.29) is 6.42 Å². The molecule has 0 saturated carbocycles. The molecule has 0 aromatic carbocycles. The fourth-order valence-corrected chi connectivity index (χ4v) is 1.45. The molecule has 1 unspecified atom stereocenters. The third-order valence-electron chi connectivity index (χ3n) is 2.38. The molecule has 1 atom stereocenters. The number of hydrogen-bond acceptors (Lipinski definition) is 4. The van der Waals surface area contributed by atoms with E-state index in [1.165, 1.54) is 13.1 Å². The van der Waals surface area contributed by atoms with E-state index in [2.05, 4.69) is 9.97 Å². The fourth-order valence-electron chi connectivity index (χ4n) is 1.45. The van der Waals surface area contributed by atoms with Crippen LogP contribution in [0.4, 0.5) is 0 Å². The SMILES string of the molecule is CC(O)(Cc1cnc2cnccn12)C(=O)O. The summed E-state index contributed by atoms with van der Waals surface area (Å²) in [7, 11) is 0. The van der Waals surface area contributed by atoms with Gasteiger partial charge in [0.15, 0.2) is 11.2 Å². The summed E-state index contributed by atoms with van der Waals surface area (Å²) in [6, 6.07) is 0. The van der Waals surface area contributed by atoms with Gasteiger partial charge in [0.2, 0.25) is 0 Å². The molecular weight excluding hydrogens is 210 g/mol. The molecule has 84 valence electrons. The minimum Gasteiger partial charge on any atom is -0.479 e. The zero-order chi connectivity index (χ0) is 11.8. The number of rotatable bonds is 3. The Labute approximate surface area is 91.2 Å². The van der Waals surface area contributed by atoms with Crippen LogP contribution in [0.15, 0.2) is 24.8 Å². The number of aliphatic hydroxyl groups is 1. The molecule has 2 aromatic rings. The van der Waals surface area contributed by atoms with Crippen LogP contribution in [-0.2, 0) is 11.2 Å². The number of aliphatic carboxylic acids is 1. The molecule has 6 nitrogen and oxygen atoms in total. The molecule has 2 aromatic heterocycles. The van der Waals surface area contributed by atoms with Crippen molar-refractivity contribution in [2.45, 2.75) is 18.9 Å². The molecule has 0 bridgehead atoms. The van der Waals surface area contributed by atoms with E-state index in [9.17, 15) is 9.90 Å². The molecule has 0 aliphatic carbocycles. The number of aromatic nitrogens is 3. The molecule has 0 aliphatic heterocycles. The Hall–Kier alpha value is -1.95. The Morgan fingerprint density at radius 2 is 2.31 bits per heavy atom. The highest BCUT2D eigenvalue weighted by Crippen LogP contribution is 2.14. The van der Waals surface area contributed by atoms with Crippen LogP contribution >= 0.6 is 0 Å². The Bertz CT molecular complexity index is 533. The molecule has 2 heterocycles. The number of fused-ring (bicyclic) bond motifs is 1. The van der Waals surface area contributed by atoms with Gasteiger partial charge in [-0.15, -0.1) is 0 Å². The second kappa shape index (κ2) is 3.57. The normalized spacial score (nSPS) is 14.9. The average molecular weight is 221 g/mol. The Morgan fingerprint density at radius 1 is 1.56 bits per heavy atom. The number of carbonyl (C=O) groups is 1. The molecule has 0 saturated heterocycles. The van der Waals surface area contributed by atoms with Gasteiger partial charge in [-0.1, -0.05) is 0 Å². The van der Waals surface area contributed by atoms with E-state index in [4.69, 9.17) is 5.11 Å². The van der Waals surface area contributed by atoms with Crippen molar-refractivity contribution in [2.24, 2.45) is 0 Å². The zero-order valence-electron chi connectivity index (χ0n) is 8.66. The third kappa shape index (κ3) is 1.74. The van der Waals surface area contributed by atoms with Crippen LogP contribution in [0.5, 0.6) is 0 Å². The Balaban J connectivity index is 2.38. The summed E-state index contributed by atoms with van der Waals surface area (Å²) in [5, 5.41) is 18.5. The van der Waals surface area contributed by atoms with Gasteiger partial charge in [-0.25, -0.2) is 9.78 Å². The van der Waals surface area contributed by atoms with Crippen LogP contribution in [0, 0.1) is 0 Å². The van der Waals surface area contributed by atoms with Gasteiger partial charge in [0.1, 0.15) is 0 Å². The molecule has 0 radical (unpaired) electrons. The van der Waals surface area contributed by atoms with E-state index in [1.807, 2.05) is 0 Å². The number of carboxylic acids is 1. The van der Waals surface area contributed by atoms with Crippen LogP contribution in [-0.4, -0.2) is 36.2 Å². The molecular formula is C10H11N3O3. The monoisotopic (exact) mass is 221 g/mol. The predicted octanol–water partition coefficient (Wildman–Crippen LogP) is 0.107. The van der Waals surface area contributed by atoms with Crippen molar-refractivity contribution < 1.29 is 15.0 Å². The minimum atomic E-state index is -1.79. The van der Waals surface area contributed by atoms with Gasteiger partial charge in [0.05, 0.1) is 6.20 Å². The molecule has 0 fully saturated rings. The highest BCUT2D eigenvalue weighted by atomic mass is 16.4. The van der Waals surface area contributed by atoms with Crippen LogP contribution in [0.25, 0.3) is 5.65 Å². The number of nitrogens with zero attached hydrogens (tertiary/aromatic N) is 3. The number of imidazole rings is 1. The summed E-state index contributed by atoms with van der Waals surface area (Å²) in [5.74, 6) is -1.25. The number of hydrogen-bond donors (Lipinski definition) is 2. The maximum atomic E-state index is 10.8. The minimum absolute atomic E-state index is 0.00644.